The van der Waals surface area contributed by atoms with E-state index in [2.05, 4.69) is 17.3 Å². The van der Waals surface area contributed by atoms with Crippen LogP contribution in [0.3, 0.4) is 0 Å². The van der Waals surface area contributed by atoms with Crippen LogP contribution in [0.4, 0.5) is 10.1 Å². The molecule has 2 unspecified atom stereocenters. The van der Waals surface area contributed by atoms with Crippen molar-refractivity contribution in [3.63, 3.8) is 0 Å². The first-order valence-corrected chi connectivity index (χ1v) is 7.27. The Morgan fingerprint density at radius 2 is 1.95 bits per heavy atom. The maximum atomic E-state index is 13.8. The summed E-state index contributed by atoms with van der Waals surface area (Å²) < 4.78 is 13.8. The summed E-state index contributed by atoms with van der Waals surface area (Å²) in [6.45, 7) is 1.77. The summed E-state index contributed by atoms with van der Waals surface area (Å²) in [4.78, 5) is 2.48. The molecule has 1 N–H and O–H groups in total. The van der Waals surface area contributed by atoms with Crippen LogP contribution in [0.1, 0.15) is 36.8 Å². The van der Waals surface area contributed by atoms with E-state index in [1.54, 1.807) is 13.0 Å². The van der Waals surface area contributed by atoms with E-state index in [-0.39, 0.29) is 5.82 Å². The van der Waals surface area contributed by atoms with Gasteiger partial charge in [-0.1, -0.05) is 0 Å². The van der Waals surface area contributed by atoms with Crippen LogP contribution < -0.4 is 5.32 Å². The van der Waals surface area contributed by atoms with Crippen molar-refractivity contribution in [3.8, 4) is 6.07 Å². The van der Waals surface area contributed by atoms with E-state index in [0.717, 1.165) is 18.5 Å². The quantitative estimate of drug-likeness (QED) is 0.900. The van der Waals surface area contributed by atoms with Crippen molar-refractivity contribution in [3.05, 3.63) is 29.1 Å². The Morgan fingerprint density at radius 3 is 2.55 bits per heavy atom. The number of anilines is 1. The largest absolute Gasteiger partial charge is 0.382 e. The molecule has 2 saturated heterocycles. The molecular weight excluding hydrogens is 253 g/mol. The topological polar surface area (TPSA) is 39.1 Å². The zero-order valence-corrected chi connectivity index (χ0v) is 12.0. The maximum Gasteiger partial charge on any atom is 0.129 e. The van der Waals surface area contributed by atoms with Crippen molar-refractivity contribution >= 4 is 5.69 Å². The molecule has 0 amide bonds. The maximum absolute atomic E-state index is 13.8. The van der Waals surface area contributed by atoms with Crippen LogP contribution in [0.5, 0.6) is 0 Å². The molecule has 4 heteroatoms. The smallest absolute Gasteiger partial charge is 0.129 e. The van der Waals surface area contributed by atoms with Gasteiger partial charge in [-0.3, -0.25) is 0 Å². The average molecular weight is 273 g/mol. The third-order valence-electron chi connectivity index (χ3n) is 4.93. The van der Waals surface area contributed by atoms with Crippen molar-refractivity contribution < 1.29 is 4.39 Å². The minimum absolute atomic E-state index is 0.303. The summed E-state index contributed by atoms with van der Waals surface area (Å²) in [5.74, 6) is -0.303. The number of rotatable bonds is 2. The molecule has 0 radical (unpaired) electrons. The van der Waals surface area contributed by atoms with E-state index in [1.807, 2.05) is 6.07 Å². The normalized spacial score (nSPS) is 29.2. The molecule has 2 aliphatic heterocycles. The van der Waals surface area contributed by atoms with Gasteiger partial charge < -0.3 is 10.2 Å². The van der Waals surface area contributed by atoms with E-state index in [1.165, 1.54) is 18.9 Å². The second kappa shape index (κ2) is 5.06. The van der Waals surface area contributed by atoms with Crippen molar-refractivity contribution in [1.82, 2.24) is 4.90 Å². The first-order valence-electron chi connectivity index (χ1n) is 7.27. The second-order valence-electron chi connectivity index (χ2n) is 6.11. The number of fused-ring (bicyclic) bond motifs is 2. The minimum Gasteiger partial charge on any atom is -0.382 e. The highest BCUT2D eigenvalue weighted by atomic mass is 19.1. The minimum atomic E-state index is -0.303. The number of benzene rings is 1. The SMILES string of the molecule is Cc1c(F)cc(C#N)cc1NC1CC2CCC(C1)N2C. The number of hydrogen-bond acceptors (Lipinski definition) is 3. The van der Waals surface area contributed by atoms with Gasteiger partial charge in [-0.25, -0.2) is 4.39 Å². The number of hydrogen-bond donors (Lipinski definition) is 1. The van der Waals surface area contributed by atoms with Gasteiger partial charge in [-0.05, 0) is 51.8 Å². The van der Waals surface area contributed by atoms with Crippen LogP contribution in [0, 0.1) is 24.1 Å². The molecule has 0 saturated carbocycles. The van der Waals surface area contributed by atoms with Gasteiger partial charge in [0.2, 0.25) is 0 Å². The highest BCUT2D eigenvalue weighted by Crippen LogP contribution is 2.36. The zero-order chi connectivity index (χ0) is 14.3. The van der Waals surface area contributed by atoms with Crippen molar-refractivity contribution in [1.29, 1.82) is 5.26 Å². The lowest BCUT2D eigenvalue weighted by Gasteiger charge is -2.37. The number of piperidine rings is 1. The molecule has 2 fully saturated rings. The molecule has 3 nitrogen and oxygen atoms in total. The lowest BCUT2D eigenvalue weighted by Crippen LogP contribution is -2.44. The van der Waals surface area contributed by atoms with Gasteiger partial charge >= 0.3 is 0 Å². The van der Waals surface area contributed by atoms with Gasteiger partial charge in [0.05, 0.1) is 11.6 Å². The van der Waals surface area contributed by atoms with Crippen LogP contribution in [-0.2, 0) is 0 Å². The molecule has 1 aromatic carbocycles. The Labute approximate surface area is 119 Å². The molecule has 20 heavy (non-hydrogen) atoms. The zero-order valence-electron chi connectivity index (χ0n) is 12.0. The van der Waals surface area contributed by atoms with E-state index in [4.69, 9.17) is 5.26 Å². The Morgan fingerprint density at radius 1 is 1.30 bits per heavy atom. The first-order chi connectivity index (χ1) is 9.58. The van der Waals surface area contributed by atoms with Gasteiger partial charge in [0, 0.05) is 29.4 Å². The molecule has 2 aliphatic rings. The highest BCUT2D eigenvalue weighted by molar-refractivity contribution is 5.56. The van der Waals surface area contributed by atoms with Crippen LogP contribution in [0.25, 0.3) is 0 Å². The summed E-state index contributed by atoms with van der Waals surface area (Å²) in [6, 6.07) is 6.77. The van der Waals surface area contributed by atoms with Gasteiger partial charge in [-0.15, -0.1) is 0 Å². The molecule has 2 atom stereocenters. The average Bonchev–Trinajstić information content (AvgIpc) is 2.65. The molecule has 0 aromatic heterocycles. The third kappa shape index (κ3) is 2.27. The number of halogens is 1. The van der Waals surface area contributed by atoms with Crippen molar-refractivity contribution in [2.45, 2.75) is 50.7 Å². The Bertz CT molecular complexity index is 550. The van der Waals surface area contributed by atoms with Crippen LogP contribution in [0.2, 0.25) is 0 Å². The molecule has 3 rings (SSSR count). The van der Waals surface area contributed by atoms with E-state index in [9.17, 15) is 4.39 Å². The van der Waals surface area contributed by atoms with Crippen LogP contribution in [0.15, 0.2) is 12.1 Å². The summed E-state index contributed by atoms with van der Waals surface area (Å²) >= 11 is 0. The fourth-order valence-electron chi connectivity index (χ4n) is 3.64. The van der Waals surface area contributed by atoms with Gasteiger partial charge in [0.1, 0.15) is 5.82 Å². The van der Waals surface area contributed by atoms with Crippen LogP contribution in [-0.4, -0.2) is 30.1 Å². The number of nitriles is 1. The molecule has 1 aromatic rings. The molecule has 2 bridgehead atoms. The van der Waals surface area contributed by atoms with Gasteiger partial charge in [0.25, 0.3) is 0 Å². The predicted molar refractivity (Wildman–Crippen MR) is 77.1 cm³/mol. The van der Waals surface area contributed by atoms with E-state index in [0.29, 0.717) is 29.3 Å². The van der Waals surface area contributed by atoms with Crippen molar-refractivity contribution in [2.24, 2.45) is 0 Å². The van der Waals surface area contributed by atoms with E-state index < -0.39 is 0 Å². The fraction of sp³-hybridized carbons (Fsp3) is 0.562. The highest BCUT2D eigenvalue weighted by Gasteiger charge is 2.38. The molecule has 106 valence electrons. The van der Waals surface area contributed by atoms with Crippen molar-refractivity contribution in [2.75, 3.05) is 12.4 Å². The number of nitrogens with zero attached hydrogens (tertiary/aromatic N) is 2. The first kappa shape index (κ1) is 13.4. The van der Waals surface area contributed by atoms with Gasteiger partial charge in [-0.2, -0.15) is 5.26 Å². The lowest BCUT2D eigenvalue weighted by molar-refractivity contribution is 0.169. The number of nitrogens with one attached hydrogen (secondary N) is 1. The molecule has 2 heterocycles. The third-order valence-corrected chi connectivity index (χ3v) is 4.93. The molecular formula is C16H20FN3. The fourth-order valence-corrected chi connectivity index (χ4v) is 3.64. The summed E-state index contributed by atoms with van der Waals surface area (Å²) in [7, 11) is 2.21. The lowest BCUT2D eigenvalue weighted by atomic mass is 9.97. The van der Waals surface area contributed by atoms with Crippen LogP contribution >= 0.6 is 0 Å². The summed E-state index contributed by atoms with van der Waals surface area (Å²) in [6.07, 6.45) is 4.74. The summed E-state index contributed by atoms with van der Waals surface area (Å²) in [5, 5.41) is 12.4. The molecule has 0 aliphatic carbocycles. The summed E-state index contributed by atoms with van der Waals surface area (Å²) in [5.41, 5.74) is 1.76. The Kier molecular flexibility index (Phi) is 3.39. The van der Waals surface area contributed by atoms with Gasteiger partial charge in [0.15, 0.2) is 0 Å². The Balaban J connectivity index is 1.79. The standard InChI is InChI=1S/C16H20FN3/c1-10-15(17)5-11(9-18)6-16(10)19-12-7-13-3-4-14(8-12)20(13)2/h5-6,12-14,19H,3-4,7-8H2,1-2H3. The monoisotopic (exact) mass is 273 g/mol. The predicted octanol–water partition coefficient (Wildman–Crippen LogP) is 3.04. The Hall–Kier alpha value is -1.60. The second-order valence-corrected chi connectivity index (χ2v) is 6.11. The molecule has 0 spiro atoms. The van der Waals surface area contributed by atoms with E-state index >= 15 is 0 Å².